The number of thioether (sulfide) groups is 1. The molecule has 1 aromatic rings. The van der Waals surface area contributed by atoms with E-state index in [1.165, 1.54) is 0 Å². The number of aromatic amines is 1. The van der Waals surface area contributed by atoms with E-state index in [1.807, 2.05) is 27.7 Å². The topological polar surface area (TPSA) is 142 Å². The van der Waals surface area contributed by atoms with Crippen molar-refractivity contribution in [2.24, 2.45) is 27.1 Å². The Hall–Kier alpha value is -2.30. The van der Waals surface area contributed by atoms with Crippen LogP contribution in [0.5, 0.6) is 0 Å². The number of amidine groups is 1. The number of H-pyrrole nitrogens is 1. The first-order chi connectivity index (χ1) is 12.6. The second-order valence-corrected chi connectivity index (χ2v) is 7.86. The highest BCUT2D eigenvalue weighted by molar-refractivity contribution is 8.15. The fraction of sp³-hybridized carbons (Fsp3) is 0.688. The zero-order valence-corrected chi connectivity index (χ0v) is 17.2. The summed E-state index contributed by atoms with van der Waals surface area (Å²) in [5.74, 6) is 1.72. The second kappa shape index (κ2) is 10.8. The summed E-state index contributed by atoms with van der Waals surface area (Å²) in [6.45, 7) is 12.4. The van der Waals surface area contributed by atoms with E-state index < -0.39 is 5.76 Å². The van der Waals surface area contributed by atoms with Gasteiger partial charge >= 0.3 is 5.76 Å². The number of imide groups is 1. The van der Waals surface area contributed by atoms with E-state index in [-0.39, 0.29) is 28.2 Å². The number of hydrogen-bond acceptors (Lipinski definition) is 9. The van der Waals surface area contributed by atoms with Gasteiger partial charge in [-0.2, -0.15) is 5.11 Å². The largest absolute Gasteiger partial charge is 0.438 e. The van der Waals surface area contributed by atoms with Crippen LogP contribution in [0.15, 0.2) is 24.5 Å². The van der Waals surface area contributed by atoms with Crippen molar-refractivity contribution in [2.75, 3.05) is 6.67 Å². The molecule has 2 amide bonds. The summed E-state index contributed by atoms with van der Waals surface area (Å²) >= 11 is 1.08. The lowest BCUT2D eigenvalue weighted by atomic mass is 10.1. The molecule has 0 radical (unpaired) electrons. The smallest absolute Gasteiger partial charge is 0.296 e. The quantitative estimate of drug-likeness (QED) is 0.801. The molecular formula is C16H26N6O4S. The first kappa shape index (κ1) is 22.7. The molecule has 27 heavy (non-hydrogen) atoms. The van der Waals surface area contributed by atoms with E-state index >= 15 is 0 Å². The number of rotatable bonds is 3. The van der Waals surface area contributed by atoms with Gasteiger partial charge in [0.2, 0.25) is 5.91 Å². The van der Waals surface area contributed by atoms with Gasteiger partial charge in [0.05, 0.1) is 5.25 Å². The molecule has 11 heteroatoms. The van der Waals surface area contributed by atoms with Crippen LogP contribution in [-0.4, -0.2) is 39.0 Å². The second-order valence-electron chi connectivity index (χ2n) is 6.75. The number of carbonyl (C=O) groups excluding carboxylic acids is 2. The number of nitrogens with zero attached hydrogens (tertiary/aromatic N) is 4. The predicted octanol–water partition coefficient (Wildman–Crippen LogP) is 2.94. The molecule has 150 valence electrons. The summed E-state index contributed by atoms with van der Waals surface area (Å²) in [4.78, 5) is 38.2. The lowest BCUT2D eigenvalue weighted by Crippen LogP contribution is -2.27. The number of aliphatic imine (C=N–C) groups is 1. The zero-order chi connectivity index (χ0) is 20.6. The summed E-state index contributed by atoms with van der Waals surface area (Å²) in [5, 5.41) is 12.8. The van der Waals surface area contributed by atoms with Gasteiger partial charge in [-0.15, -0.1) is 5.11 Å². The van der Waals surface area contributed by atoms with Gasteiger partial charge in [0.1, 0.15) is 5.84 Å². The number of amides is 2. The van der Waals surface area contributed by atoms with Crippen LogP contribution in [-0.2, 0) is 4.79 Å². The van der Waals surface area contributed by atoms with Crippen molar-refractivity contribution in [3.05, 3.63) is 16.4 Å². The van der Waals surface area contributed by atoms with Gasteiger partial charge in [0.25, 0.3) is 5.24 Å². The van der Waals surface area contributed by atoms with E-state index in [0.717, 1.165) is 17.6 Å². The monoisotopic (exact) mass is 398 g/mol. The maximum absolute atomic E-state index is 10.9. The molecule has 10 nitrogen and oxygen atoms in total. The molecule has 0 spiro atoms. The van der Waals surface area contributed by atoms with Crippen LogP contribution in [0.1, 0.15) is 53.3 Å². The zero-order valence-electron chi connectivity index (χ0n) is 16.3. The van der Waals surface area contributed by atoms with E-state index in [4.69, 9.17) is 0 Å². The van der Waals surface area contributed by atoms with Gasteiger partial charge in [-0.3, -0.25) is 24.4 Å². The van der Waals surface area contributed by atoms with Gasteiger partial charge < -0.3 is 0 Å². The van der Waals surface area contributed by atoms with Crippen LogP contribution in [0.2, 0.25) is 0 Å². The van der Waals surface area contributed by atoms with E-state index in [0.29, 0.717) is 18.4 Å². The molecule has 0 bridgehead atoms. The molecule has 0 aliphatic carbocycles. The van der Waals surface area contributed by atoms with Crippen molar-refractivity contribution in [3.63, 3.8) is 0 Å². The highest BCUT2D eigenvalue weighted by atomic mass is 32.2. The molecule has 0 aromatic carbocycles. The van der Waals surface area contributed by atoms with Crippen molar-refractivity contribution in [3.8, 4) is 0 Å². The molecular weight excluding hydrogens is 372 g/mol. The lowest BCUT2D eigenvalue weighted by molar-refractivity contribution is -0.119. The maximum atomic E-state index is 10.9. The Labute approximate surface area is 161 Å². The number of aromatic nitrogens is 2. The highest BCUT2D eigenvalue weighted by Crippen LogP contribution is 2.25. The minimum atomic E-state index is -0.487. The molecule has 1 atom stereocenters. The Morgan fingerprint density at radius 2 is 1.74 bits per heavy atom. The summed E-state index contributed by atoms with van der Waals surface area (Å²) in [5.41, 5.74) is 0. The van der Waals surface area contributed by atoms with Crippen molar-refractivity contribution < 1.29 is 14.1 Å². The van der Waals surface area contributed by atoms with Crippen molar-refractivity contribution in [1.82, 2.24) is 15.5 Å². The highest BCUT2D eigenvalue weighted by Gasteiger charge is 2.33. The van der Waals surface area contributed by atoms with E-state index in [1.54, 1.807) is 0 Å². The van der Waals surface area contributed by atoms with E-state index in [2.05, 4.69) is 49.0 Å². The Bertz CT molecular complexity index is 750. The number of nitrogens with one attached hydrogen (secondary N) is 2. The molecule has 3 rings (SSSR count). The lowest BCUT2D eigenvalue weighted by Gasteiger charge is -2.06. The molecule has 1 unspecified atom stereocenters. The van der Waals surface area contributed by atoms with Crippen LogP contribution < -0.4 is 11.1 Å². The number of carbonyl (C=O) groups is 2. The summed E-state index contributed by atoms with van der Waals surface area (Å²) in [6.07, 6.45) is 0. The Balaban J connectivity index is 0.000000204. The molecule has 2 N–H and O–H groups in total. The molecule has 1 saturated heterocycles. The third kappa shape index (κ3) is 7.85. The number of hydrogen-bond donors (Lipinski definition) is 2. The van der Waals surface area contributed by atoms with Gasteiger partial charge in [-0.1, -0.05) is 58.5 Å². The molecule has 3 heterocycles. The Morgan fingerprint density at radius 1 is 1.07 bits per heavy atom. The average molecular weight is 398 g/mol. The molecule has 2 aliphatic heterocycles. The third-order valence-corrected chi connectivity index (χ3v) is 4.64. The molecule has 0 saturated carbocycles. The Kier molecular flexibility index (Phi) is 9.06. The third-order valence-electron chi connectivity index (χ3n) is 3.31. The normalized spacial score (nSPS) is 18.3. The summed E-state index contributed by atoms with van der Waals surface area (Å²) < 4.78 is 4.26. The summed E-state index contributed by atoms with van der Waals surface area (Å²) in [7, 11) is 0. The fourth-order valence-electron chi connectivity index (χ4n) is 1.84. The summed E-state index contributed by atoms with van der Waals surface area (Å²) in [6, 6.07) is 0. The first-order valence-electron chi connectivity index (χ1n) is 8.61. The maximum Gasteiger partial charge on any atom is 0.438 e. The SMILES string of the molecule is CC(C)C1=NCN=N1.CC(C)C1SC(=O)NC1=O.CC(C)c1noc(=O)[nH]1. The average Bonchev–Trinajstić information content (AvgIpc) is 3.29. The van der Waals surface area contributed by atoms with Crippen molar-refractivity contribution >= 4 is 28.7 Å². The van der Waals surface area contributed by atoms with Crippen LogP contribution in [0.25, 0.3) is 0 Å². The van der Waals surface area contributed by atoms with Gasteiger partial charge in [-0.05, 0) is 5.92 Å². The van der Waals surface area contributed by atoms with Crippen LogP contribution >= 0.6 is 11.8 Å². The predicted molar refractivity (Wildman–Crippen MR) is 103 cm³/mol. The molecule has 1 fully saturated rings. The Morgan fingerprint density at radius 3 is 1.96 bits per heavy atom. The van der Waals surface area contributed by atoms with Gasteiger partial charge in [0.15, 0.2) is 12.5 Å². The first-order valence-corrected chi connectivity index (χ1v) is 9.49. The number of azo groups is 1. The fourth-order valence-corrected chi connectivity index (χ4v) is 2.67. The van der Waals surface area contributed by atoms with Gasteiger partial charge in [-0.25, -0.2) is 9.79 Å². The van der Waals surface area contributed by atoms with Crippen molar-refractivity contribution in [2.45, 2.75) is 52.7 Å². The van der Waals surface area contributed by atoms with Crippen LogP contribution in [0.4, 0.5) is 4.79 Å². The van der Waals surface area contributed by atoms with Crippen molar-refractivity contribution in [1.29, 1.82) is 0 Å². The van der Waals surface area contributed by atoms with Crippen LogP contribution in [0, 0.1) is 11.8 Å². The van der Waals surface area contributed by atoms with Gasteiger partial charge in [0, 0.05) is 11.8 Å². The molecule has 2 aliphatic rings. The minimum absolute atomic E-state index is 0.148. The standard InChI is InChI=1S/C6H9NO2S.C5H9N3.C5H8N2O2/c1-3(2)4-5(8)7-6(9)10-4;1-4(2)5-6-3-7-8-5;1-3(2)4-6-5(8)9-7-4/h3-4H,1-2H3,(H,7,8,9);4H,3H2,1-2H3;3H,1-2H3,(H,6,7,8). The molecule has 1 aromatic heterocycles. The van der Waals surface area contributed by atoms with Crippen LogP contribution in [0.3, 0.4) is 0 Å². The minimum Gasteiger partial charge on any atom is -0.296 e. The van der Waals surface area contributed by atoms with E-state index in [9.17, 15) is 14.4 Å².